The number of nitro groups is 1. The number of allylic oxidation sites excluding steroid dienone is 5. The van der Waals surface area contributed by atoms with Crippen LogP contribution in [-0.2, 0) is 9.59 Å². The number of non-ortho nitro benzene ring substituents is 1. The van der Waals surface area contributed by atoms with Gasteiger partial charge in [0.1, 0.15) is 11.4 Å². The molecule has 1 saturated heterocycles. The van der Waals surface area contributed by atoms with Crippen LogP contribution in [0.5, 0.6) is 0 Å². The lowest BCUT2D eigenvalue weighted by atomic mass is 9.92. The molecule has 1 N–H and O–H groups in total. The molecule has 2 aromatic carbocycles. The predicted octanol–water partition coefficient (Wildman–Crippen LogP) is 3.32. The number of anilines is 1. The lowest BCUT2D eigenvalue weighted by molar-refractivity contribution is -0.384. The molecule has 29 heavy (non-hydrogen) atoms. The van der Waals surface area contributed by atoms with Crippen LogP contribution >= 0.6 is 0 Å². The zero-order valence-corrected chi connectivity index (χ0v) is 14.9. The molecule has 1 fully saturated rings. The third kappa shape index (κ3) is 3.43. The minimum atomic E-state index is -0.561. The molecule has 0 bridgehead atoms. The van der Waals surface area contributed by atoms with Crippen molar-refractivity contribution >= 4 is 23.2 Å². The van der Waals surface area contributed by atoms with Gasteiger partial charge in [0.15, 0.2) is 0 Å². The standard InChI is InChI=1S/C21H14FN3O4/c22-15-6-10-16(11-7-15)24-21(27)19(20(26)23-24)12-14-2-1-3-18(14)13-4-8-17(9-5-13)25(28)29/h1-12,18H,(H,23,26)/b19-12-. The van der Waals surface area contributed by atoms with Gasteiger partial charge < -0.3 is 0 Å². The fourth-order valence-electron chi connectivity index (χ4n) is 3.23. The van der Waals surface area contributed by atoms with Crippen molar-refractivity contribution in [2.45, 2.75) is 5.92 Å². The number of carbonyl (C=O) groups is 2. The molecule has 1 heterocycles. The summed E-state index contributed by atoms with van der Waals surface area (Å²) in [6.07, 6.45) is 6.96. The maximum absolute atomic E-state index is 13.1. The van der Waals surface area contributed by atoms with Crippen LogP contribution in [0.25, 0.3) is 0 Å². The molecule has 8 heteroatoms. The van der Waals surface area contributed by atoms with Crippen molar-refractivity contribution in [3.8, 4) is 0 Å². The number of rotatable bonds is 4. The van der Waals surface area contributed by atoms with E-state index in [9.17, 15) is 24.1 Å². The Morgan fingerprint density at radius 3 is 2.41 bits per heavy atom. The highest BCUT2D eigenvalue weighted by atomic mass is 19.1. The van der Waals surface area contributed by atoms with Gasteiger partial charge in [-0.1, -0.05) is 30.4 Å². The summed E-state index contributed by atoms with van der Waals surface area (Å²) in [5.74, 6) is -1.79. The van der Waals surface area contributed by atoms with Gasteiger partial charge >= 0.3 is 0 Å². The number of amides is 2. The van der Waals surface area contributed by atoms with Gasteiger partial charge in [0.05, 0.1) is 10.6 Å². The summed E-state index contributed by atoms with van der Waals surface area (Å²) >= 11 is 0. The van der Waals surface area contributed by atoms with E-state index in [1.807, 2.05) is 6.08 Å². The topological polar surface area (TPSA) is 92.6 Å². The maximum Gasteiger partial charge on any atom is 0.282 e. The van der Waals surface area contributed by atoms with E-state index in [2.05, 4.69) is 5.43 Å². The number of nitrogens with one attached hydrogen (secondary N) is 1. The van der Waals surface area contributed by atoms with Crippen molar-refractivity contribution in [1.82, 2.24) is 5.43 Å². The highest BCUT2D eigenvalue weighted by Crippen LogP contribution is 2.33. The summed E-state index contributed by atoms with van der Waals surface area (Å²) in [6.45, 7) is 0. The van der Waals surface area contributed by atoms with Crippen LogP contribution in [0.1, 0.15) is 11.5 Å². The molecule has 2 amide bonds. The second-order valence-electron chi connectivity index (χ2n) is 6.49. The van der Waals surface area contributed by atoms with Crippen molar-refractivity contribution in [3.63, 3.8) is 0 Å². The van der Waals surface area contributed by atoms with Crippen LogP contribution in [0.2, 0.25) is 0 Å². The zero-order valence-electron chi connectivity index (χ0n) is 14.9. The van der Waals surface area contributed by atoms with E-state index >= 15 is 0 Å². The maximum atomic E-state index is 13.1. The largest absolute Gasteiger partial charge is 0.282 e. The van der Waals surface area contributed by atoms with Crippen LogP contribution in [-0.4, -0.2) is 16.7 Å². The first-order chi connectivity index (χ1) is 13.9. The van der Waals surface area contributed by atoms with Crippen molar-refractivity contribution in [2.75, 3.05) is 5.01 Å². The number of benzene rings is 2. The smallest absolute Gasteiger partial charge is 0.267 e. The summed E-state index contributed by atoms with van der Waals surface area (Å²) in [6, 6.07) is 11.3. The average molecular weight is 391 g/mol. The van der Waals surface area contributed by atoms with E-state index in [-0.39, 0.29) is 17.2 Å². The quantitative estimate of drug-likeness (QED) is 0.375. The molecule has 4 rings (SSSR count). The molecule has 0 aromatic heterocycles. The van der Waals surface area contributed by atoms with Crippen molar-refractivity contribution in [2.24, 2.45) is 0 Å². The second kappa shape index (κ2) is 7.16. The van der Waals surface area contributed by atoms with E-state index in [4.69, 9.17) is 0 Å². The van der Waals surface area contributed by atoms with Gasteiger partial charge in [-0.2, -0.15) is 0 Å². The second-order valence-corrected chi connectivity index (χ2v) is 6.49. The van der Waals surface area contributed by atoms with Gasteiger partial charge in [-0.15, -0.1) is 0 Å². The minimum Gasteiger partial charge on any atom is -0.267 e. The van der Waals surface area contributed by atoms with Crippen LogP contribution in [0, 0.1) is 15.9 Å². The van der Waals surface area contributed by atoms with Crippen molar-refractivity contribution in [1.29, 1.82) is 0 Å². The Bertz CT molecular complexity index is 1100. The summed E-state index contributed by atoms with van der Waals surface area (Å²) < 4.78 is 13.1. The van der Waals surface area contributed by atoms with Crippen LogP contribution < -0.4 is 10.4 Å². The first-order valence-electron chi connectivity index (χ1n) is 8.69. The van der Waals surface area contributed by atoms with E-state index in [0.717, 1.165) is 10.6 Å². The number of carbonyl (C=O) groups excluding carboxylic acids is 2. The third-order valence-electron chi connectivity index (χ3n) is 4.70. The molecular weight excluding hydrogens is 377 g/mol. The number of halogens is 1. The summed E-state index contributed by atoms with van der Waals surface area (Å²) in [5.41, 5.74) is 4.26. The molecule has 2 aliphatic rings. The van der Waals surface area contributed by atoms with E-state index in [1.54, 1.807) is 24.3 Å². The molecule has 0 saturated carbocycles. The molecule has 0 spiro atoms. The van der Waals surface area contributed by atoms with Gasteiger partial charge in [0.25, 0.3) is 17.5 Å². The third-order valence-corrected chi connectivity index (χ3v) is 4.70. The normalized spacial score (nSPS) is 19.6. The van der Waals surface area contributed by atoms with Crippen LogP contribution in [0.15, 0.2) is 84.0 Å². The number of hydrazine groups is 1. The number of nitrogens with zero attached hydrogens (tertiary/aromatic N) is 2. The van der Waals surface area contributed by atoms with Crippen LogP contribution in [0.3, 0.4) is 0 Å². The Morgan fingerprint density at radius 1 is 1.07 bits per heavy atom. The molecule has 0 radical (unpaired) electrons. The molecule has 1 atom stereocenters. The van der Waals surface area contributed by atoms with Gasteiger partial charge in [0.2, 0.25) is 0 Å². The first kappa shape index (κ1) is 18.3. The van der Waals surface area contributed by atoms with E-state index in [1.165, 1.54) is 42.5 Å². The zero-order chi connectivity index (χ0) is 20.5. The molecule has 2 aromatic rings. The SMILES string of the molecule is O=C1NN(c2ccc(F)cc2)C(=O)/C1=C\C1=CC=CC1c1ccc([N+](=O)[O-])cc1. The molecule has 1 aliphatic heterocycles. The van der Waals surface area contributed by atoms with Gasteiger partial charge in [-0.05, 0) is 41.5 Å². The Balaban J connectivity index is 1.59. The minimum absolute atomic E-state index is 0.0140. The molecule has 1 aliphatic carbocycles. The predicted molar refractivity (Wildman–Crippen MR) is 103 cm³/mol. The highest BCUT2D eigenvalue weighted by molar-refractivity contribution is 6.29. The Kier molecular flexibility index (Phi) is 4.52. The molecule has 1 unspecified atom stereocenters. The van der Waals surface area contributed by atoms with Crippen molar-refractivity contribution < 1.29 is 18.9 Å². The van der Waals surface area contributed by atoms with Gasteiger partial charge in [0, 0.05) is 18.1 Å². The Morgan fingerprint density at radius 2 is 1.76 bits per heavy atom. The summed E-state index contributed by atoms with van der Waals surface area (Å²) in [7, 11) is 0. The fourth-order valence-corrected chi connectivity index (χ4v) is 3.23. The van der Waals surface area contributed by atoms with E-state index < -0.39 is 22.6 Å². The lowest BCUT2D eigenvalue weighted by Crippen LogP contribution is -2.35. The summed E-state index contributed by atoms with van der Waals surface area (Å²) in [5, 5.41) is 11.9. The van der Waals surface area contributed by atoms with Crippen molar-refractivity contribution in [3.05, 3.63) is 105 Å². The Labute approximate surface area is 164 Å². The molecule has 144 valence electrons. The number of nitro benzene ring substituents is 1. The van der Waals surface area contributed by atoms with Crippen LogP contribution in [0.4, 0.5) is 15.8 Å². The molecule has 7 nitrogen and oxygen atoms in total. The van der Waals surface area contributed by atoms with E-state index in [0.29, 0.717) is 11.3 Å². The number of hydrogen-bond donors (Lipinski definition) is 1. The fraction of sp³-hybridized carbons (Fsp3) is 0.0476. The Hall–Kier alpha value is -4.07. The average Bonchev–Trinajstić information content (AvgIpc) is 3.29. The lowest BCUT2D eigenvalue weighted by Gasteiger charge is -2.14. The monoisotopic (exact) mass is 391 g/mol. The summed E-state index contributed by atoms with van der Waals surface area (Å²) in [4.78, 5) is 35.4. The highest BCUT2D eigenvalue weighted by Gasteiger charge is 2.35. The van der Waals surface area contributed by atoms with Gasteiger partial charge in [-0.25, -0.2) is 9.40 Å². The molecular formula is C21H14FN3O4. The first-order valence-corrected chi connectivity index (χ1v) is 8.69. The van der Waals surface area contributed by atoms with Gasteiger partial charge in [-0.3, -0.25) is 25.1 Å². The number of hydrogen-bond acceptors (Lipinski definition) is 4.